The first-order chi connectivity index (χ1) is 18.9. The van der Waals surface area contributed by atoms with Crippen LogP contribution >= 0.6 is 0 Å². The lowest BCUT2D eigenvalue weighted by atomic mass is 10.1. The fourth-order valence-electron chi connectivity index (χ4n) is 5.47. The number of likely N-dealkylation sites (N-methyl/N-ethyl adjacent to an activating group) is 1. The minimum Gasteiger partial charge on any atom is -0.492 e. The molecule has 0 aliphatic carbocycles. The minimum atomic E-state index is -0.233. The van der Waals surface area contributed by atoms with E-state index in [-0.39, 0.29) is 17.6 Å². The van der Waals surface area contributed by atoms with Crippen LogP contribution in [0.3, 0.4) is 0 Å². The van der Waals surface area contributed by atoms with Gasteiger partial charge in [0, 0.05) is 50.9 Å². The highest BCUT2D eigenvalue weighted by atomic mass is 16.5. The predicted octanol–water partition coefficient (Wildman–Crippen LogP) is 4.73. The van der Waals surface area contributed by atoms with Crippen LogP contribution in [0.4, 0.5) is 28.6 Å². The monoisotopic (exact) mass is 532 g/mol. The molecule has 1 saturated heterocycles. The zero-order valence-electron chi connectivity index (χ0n) is 23.2. The number of pyridine rings is 1. The molecule has 2 aliphatic heterocycles. The lowest BCUT2D eigenvalue weighted by Crippen LogP contribution is -2.38. The average Bonchev–Trinajstić information content (AvgIpc) is 3.63. The summed E-state index contributed by atoms with van der Waals surface area (Å²) in [5, 5.41) is 3.34. The largest absolute Gasteiger partial charge is 0.492 e. The first-order valence-corrected chi connectivity index (χ1v) is 13.5. The van der Waals surface area contributed by atoms with Crippen molar-refractivity contribution >= 4 is 40.4 Å². The van der Waals surface area contributed by atoms with Crippen molar-refractivity contribution < 1.29 is 18.7 Å². The van der Waals surface area contributed by atoms with Gasteiger partial charge >= 0.3 is 0 Å². The maximum absolute atomic E-state index is 13.4. The van der Waals surface area contributed by atoms with E-state index >= 15 is 0 Å². The van der Waals surface area contributed by atoms with Crippen molar-refractivity contribution in [3.63, 3.8) is 0 Å². The molecule has 206 valence electrons. The Morgan fingerprint density at radius 3 is 2.64 bits per heavy atom. The van der Waals surface area contributed by atoms with Gasteiger partial charge in [-0.05, 0) is 44.6 Å². The molecule has 4 heterocycles. The molecule has 39 heavy (non-hydrogen) atoms. The molecular weight excluding hydrogens is 496 g/mol. The number of nitrogens with zero attached hydrogens (tertiary/aromatic N) is 5. The number of hydrogen-bond acceptors (Lipinski definition) is 8. The van der Waals surface area contributed by atoms with E-state index in [0.29, 0.717) is 46.8 Å². The summed E-state index contributed by atoms with van der Waals surface area (Å²) in [6, 6.07) is 9.55. The van der Waals surface area contributed by atoms with E-state index < -0.39 is 0 Å². The fraction of sp³-hybridized carbons (Fsp3) is 0.414. The number of carbonyl (C=O) groups excluding carboxylic acids is 2. The molecule has 2 amide bonds. The maximum atomic E-state index is 13.4. The quantitative estimate of drug-likeness (QED) is 0.445. The third-order valence-electron chi connectivity index (χ3n) is 7.66. The van der Waals surface area contributed by atoms with E-state index in [1.165, 1.54) is 11.2 Å². The van der Waals surface area contributed by atoms with E-state index in [9.17, 15) is 9.59 Å². The number of furan rings is 1. The van der Waals surface area contributed by atoms with Crippen molar-refractivity contribution in [3.8, 4) is 5.75 Å². The molecule has 0 saturated carbocycles. The molecule has 10 nitrogen and oxygen atoms in total. The van der Waals surface area contributed by atoms with Crippen molar-refractivity contribution in [1.82, 2.24) is 14.8 Å². The second-order valence-electron chi connectivity index (χ2n) is 9.80. The Bertz CT molecular complexity index is 1370. The number of anilines is 5. The van der Waals surface area contributed by atoms with Crippen LogP contribution in [0.5, 0.6) is 5.75 Å². The van der Waals surface area contributed by atoms with Gasteiger partial charge in [-0.3, -0.25) is 14.5 Å². The van der Waals surface area contributed by atoms with Crippen LogP contribution in [-0.4, -0.2) is 79.5 Å². The second-order valence-corrected chi connectivity index (χ2v) is 9.80. The molecule has 10 heteroatoms. The smallest absolute Gasteiger partial charge is 0.296 e. The lowest BCUT2D eigenvalue weighted by Gasteiger charge is -2.26. The number of ether oxygens (including phenoxy) is 1. The zero-order chi connectivity index (χ0) is 27.7. The topological polar surface area (TPSA) is 94.4 Å². The second kappa shape index (κ2) is 11.0. The number of aromatic nitrogens is 1. The molecule has 0 spiro atoms. The maximum Gasteiger partial charge on any atom is 0.296 e. The molecule has 0 unspecified atom stereocenters. The molecule has 0 radical (unpaired) electrons. The third kappa shape index (κ3) is 4.92. The molecule has 2 aromatic heterocycles. The van der Waals surface area contributed by atoms with Crippen LogP contribution in [-0.2, 0) is 0 Å². The number of benzene rings is 1. The van der Waals surface area contributed by atoms with Crippen LogP contribution in [0.25, 0.3) is 0 Å². The summed E-state index contributed by atoms with van der Waals surface area (Å²) < 4.78 is 11.4. The molecule has 1 atom stereocenters. The van der Waals surface area contributed by atoms with Crippen molar-refractivity contribution in [2.75, 3.05) is 62.0 Å². The molecule has 0 bridgehead atoms. The first kappa shape index (κ1) is 26.6. The molecule has 1 fully saturated rings. The van der Waals surface area contributed by atoms with Gasteiger partial charge in [-0.2, -0.15) is 0 Å². The van der Waals surface area contributed by atoms with Gasteiger partial charge in [0.15, 0.2) is 0 Å². The van der Waals surface area contributed by atoms with Gasteiger partial charge in [-0.1, -0.05) is 13.8 Å². The highest BCUT2D eigenvalue weighted by Gasteiger charge is 2.32. The number of rotatable bonds is 8. The Kier molecular flexibility index (Phi) is 7.47. The third-order valence-corrected chi connectivity index (χ3v) is 7.66. The summed E-state index contributed by atoms with van der Waals surface area (Å²) in [4.78, 5) is 38.6. The molecule has 1 aromatic carbocycles. The van der Waals surface area contributed by atoms with Gasteiger partial charge < -0.3 is 29.2 Å². The van der Waals surface area contributed by atoms with Crippen LogP contribution in [0.1, 0.15) is 48.1 Å². The van der Waals surface area contributed by atoms with E-state index in [1.807, 2.05) is 42.0 Å². The van der Waals surface area contributed by atoms with Crippen molar-refractivity contribution in [2.45, 2.75) is 33.2 Å². The number of amides is 2. The summed E-state index contributed by atoms with van der Waals surface area (Å²) in [5.74, 6) is 1.23. The van der Waals surface area contributed by atoms with Gasteiger partial charge in [0.1, 0.15) is 11.6 Å². The zero-order valence-corrected chi connectivity index (χ0v) is 23.2. The van der Waals surface area contributed by atoms with Crippen LogP contribution in [0.2, 0.25) is 0 Å². The van der Waals surface area contributed by atoms with Crippen LogP contribution < -0.4 is 19.9 Å². The summed E-state index contributed by atoms with van der Waals surface area (Å²) in [6.07, 6.45) is 4.17. The summed E-state index contributed by atoms with van der Waals surface area (Å²) in [6.45, 7) is 10.2. The van der Waals surface area contributed by atoms with Crippen LogP contribution in [0.15, 0.2) is 47.2 Å². The Morgan fingerprint density at radius 1 is 1.10 bits per heavy atom. The van der Waals surface area contributed by atoms with Gasteiger partial charge in [0.25, 0.3) is 11.8 Å². The Labute approximate surface area is 229 Å². The standard InChI is InChI=1S/C29H36N6O4/c1-6-34(7-2)20-11-13-35(18-20)28(36)19-9-10-21(25(15-19)38-8-3)31-26-16-23-24(17-30-26)33(5)29(37)27-22(32(23)4)12-14-39-27/h9-10,12,14-17,20H,6-8,11,13,18H2,1-5H3,(H,30,31)/t20-/m1/s1. The van der Waals surface area contributed by atoms with E-state index in [2.05, 4.69) is 29.0 Å². The number of nitrogens with one attached hydrogen (secondary N) is 1. The molecule has 3 aromatic rings. The van der Waals surface area contributed by atoms with Crippen molar-refractivity contribution in [3.05, 3.63) is 54.1 Å². The van der Waals surface area contributed by atoms with Gasteiger partial charge in [0.05, 0.1) is 41.8 Å². The van der Waals surface area contributed by atoms with Gasteiger partial charge in [0.2, 0.25) is 5.76 Å². The first-order valence-electron chi connectivity index (χ1n) is 13.5. The fourth-order valence-corrected chi connectivity index (χ4v) is 5.47. The Morgan fingerprint density at radius 2 is 1.90 bits per heavy atom. The molecule has 1 N–H and O–H groups in total. The molecular formula is C29H36N6O4. The number of carbonyl (C=O) groups is 2. The number of likely N-dealkylation sites (tertiary alicyclic amines) is 1. The Balaban J connectivity index is 1.39. The number of hydrogen-bond donors (Lipinski definition) is 1. The van der Waals surface area contributed by atoms with Crippen molar-refractivity contribution in [1.29, 1.82) is 0 Å². The lowest BCUT2D eigenvalue weighted by molar-refractivity contribution is 0.0777. The molecule has 5 rings (SSSR count). The normalized spacial score (nSPS) is 16.8. The number of fused-ring (bicyclic) bond motifs is 2. The van der Waals surface area contributed by atoms with E-state index in [1.54, 1.807) is 25.4 Å². The predicted molar refractivity (Wildman–Crippen MR) is 152 cm³/mol. The van der Waals surface area contributed by atoms with E-state index in [4.69, 9.17) is 9.15 Å². The Hall–Kier alpha value is -4.05. The summed E-state index contributed by atoms with van der Waals surface area (Å²) in [7, 11) is 3.59. The van der Waals surface area contributed by atoms with Crippen LogP contribution in [0, 0.1) is 0 Å². The summed E-state index contributed by atoms with van der Waals surface area (Å²) in [5.41, 5.74) is 3.45. The highest BCUT2D eigenvalue weighted by Crippen LogP contribution is 2.41. The SMILES string of the molecule is CCOc1cc(C(=O)N2CC[C@@H](N(CC)CC)C2)ccc1Nc1cc2c(cn1)N(C)C(=O)c1occc1N2C. The molecule has 2 aliphatic rings. The highest BCUT2D eigenvalue weighted by molar-refractivity contribution is 6.11. The van der Waals surface area contributed by atoms with Crippen molar-refractivity contribution in [2.24, 2.45) is 0 Å². The summed E-state index contributed by atoms with van der Waals surface area (Å²) >= 11 is 0. The minimum absolute atomic E-state index is 0.0190. The van der Waals surface area contributed by atoms with E-state index in [0.717, 1.165) is 38.3 Å². The average molecular weight is 533 g/mol. The van der Waals surface area contributed by atoms with Gasteiger partial charge in [-0.25, -0.2) is 4.98 Å². The van der Waals surface area contributed by atoms with Gasteiger partial charge in [-0.15, -0.1) is 0 Å².